The molecule has 166 valence electrons. The van der Waals surface area contributed by atoms with Gasteiger partial charge >= 0.3 is 0 Å². The topological polar surface area (TPSA) is 78.7 Å². The highest BCUT2D eigenvalue weighted by Crippen LogP contribution is 2.26. The molecule has 1 aromatic heterocycles. The van der Waals surface area contributed by atoms with Gasteiger partial charge < -0.3 is 9.47 Å². The van der Waals surface area contributed by atoms with E-state index in [1.807, 2.05) is 30.3 Å². The molecule has 0 saturated heterocycles. The van der Waals surface area contributed by atoms with Gasteiger partial charge in [-0.05, 0) is 61.4 Å². The molecule has 1 heterocycles. The average molecular weight is 452 g/mol. The third-order valence-electron chi connectivity index (χ3n) is 4.89. The number of benzene rings is 2. The number of methoxy groups -OCH3 is 1. The van der Waals surface area contributed by atoms with E-state index in [0.717, 1.165) is 28.8 Å². The number of nitro benzene ring substituents is 1. The van der Waals surface area contributed by atoms with Gasteiger partial charge in [0.2, 0.25) is 0 Å². The summed E-state index contributed by atoms with van der Waals surface area (Å²) in [6.45, 7) is 4.02. The van der Waals surface area contributed by atoms with E-state index in [0.29, 0.717) is 17.1 Å². The molecule has 2 aromatic carbocycles. The molecule has 32 heavy (non-hydrogen) atoms. The maximum atomic E-state index is 12.5. The summed E-state index contributed by atoms with van der Waals surface area (Å²) in [4.78, 5) is 25.0. The van der Waals surface area contributed by atoms with Crippen molar-refractivity contribution in [3.8, 4) is 11.5 Å². The second-order valence-electron chi connectivity index (χ2n) is 7.28. The number of allylic oxidation sites excluding steroid dienone is 1. The van der Waals surface area contributed by atoms with Crippen LogP contribution in [-0.2, 0) is 13.0 Å². The largest absolute Gasteiger partial charge is 0.496 e. The lowest BCUT2D eigenvalue weighted by Crippen LogP contribution is -2.00. The van der Waals surface area contributed by atoms with E-state index in [4.69, 9.17) is 9.47 Å². The smallest absolute Gasteiger partial charge is 0.272 e. The highest BCUT2D eigenvalue weighted by Gasteiger charge is 2.12. The average Bonchev–Trinajstić information content (AvgIpc) is 3.25. The molecule has 3 rings (SSSR count). The van der Waals surface area contributed by atoms with Crippen molar-refractivity contribution in [1.29, 1.82) is 0 Å². The molecule has 0 fully saturated rings. The second-order valence-corrected chi connectivity index (χ2v) is 8.45. The summed E-state index contributed by atoms with van der Waals surface area (Å²) >= 11 is 1.54. The summed E-state index contributed by atoms with van der Waals surface area (Å²) in [5.41, 5.74) is 2.24. The summed E-state index contributed by atoms with van der Waals surface area (Å²) in [5, 5.41) is 11.0. The fourth-order valence-corrected chi connectivity index (χ4v) is 4.27. The minimum atomic E-state index is -0.417. The first-order chi connectivity index (χ1) is 15.4. The summed E-state index contributed by atoms with van der Waals surface area (Å²) < 4.78 is 11.3. The Balaban J connectivity index is 1.72. The van der Waals surface area contributed by atoms with Crippen LogP contribution in [0.5, 0.6) is 11.5 Å². The summed E-state index contributed by atoms with van der Waals surface area (Å²) in [6, 6.07) is 14.1. The first-order valence-corrected chi connectivity index (χ1v) is 11.1. The van der Waals surface area contributed by atoms with Crippen LogP contribution in [0.4, 0.5) is 5.69 Å². The predicted octanol–water partition coefficient (Wildman–Crippen LogP) is 6.40. The van der Waals surface area contributed by atoms with Gasteiger partial charge in [0.05, 0.1) is 16.9 Å². The number of ether oxygens (including phenoxy) is 2. The van der Waals surface area contributed by atoms with Crippen LogP contribution in [0.3, 0.4) is 0 Å². The van der Waals surface area contributed by atoms with Gasteiger partial charge in [-0.2, -0.15) is 0 Å². The van der Waals surface area contributed by atoms with Crippen molar-refractivity contribution in [2.75, 3.05) is 7.11 Å². The third kappa shape index (κ3) is 5.82. The van der Waals surface area contributed by atoms with Crippen molar-refractivity contribution in [3.63, 3.8) is 0 Å². The Morgan fingerprint density at radius 1 is 1.16 bits per heavy atom. The van der Waals surface area contributed by atoms with E-state index in [9.17, 15) is 14.9 Å². The summed E-state index contributed by atoms with van der Waals surface area (Å²) in [6.07, 6.45) is 5.39. The van der Waals surface area contributed by atoms with Crippen LogP contribution in [0.25, 0.3) is 6.08 Å². The molecule has 7 heteroatoms. The van der Waals surface area contributed by atoms with Crippen LogP contribution in [0.15, 0.2) is 54.6 Å². The molecule has 0 radical (unpaired) electrons. The van der Waals surface area contributed by atoms with Crippen LogP contribution >= 0.6 is 11.3 Å². The van der Waals surface area contributed by atoms with Crippen molar-refractivity contribution < 1.29 is 19.2 Å². The van der Waals surface area contributed by atoms with Gasteiger partial charge in [-0.25, -0.2) is 0 Å². The molecule has 0 aliphatic rings. The number of aryl methyl sites for hydroxylation is 2. The van der Waals surface area contributed by atoms with Gasteiger partial charge in [0.1, 0.15) is 18.1 Å². The minimum absolute atomic E-state index is 0.0210. The van der Waals surface area contributed by atoms with E-state index in [2.05, 4.69) is 6.92 Å². The Morgan fingerprint density at radius 3 is 2.66 bits per heavy atom. The Hall–Kier alpha value is -3.45. The van der Waals surface area contributed by atoms with E-state index in [1.54, 1.807) is 38.3 Å². The van der Waals surface area contributed by atoms with E-state index < -0.39 is 4.92 Å². The number of thiophene rings is 1. The van der Waals surface area contributed by atoms with Gasteiger partial charge in [-0.3, -0.25) is 14.9 Å². The lowest BCUT2D eigenvalue weighted by Gasteiger charge is -2.12. The first-order valence-electron chi connectivity index (χ1n) is 10.3. The Labute approximate surface area is 191 Å². The number of hydrogen-bond donors (Lipinski definition) is 0. The van der Waals surface area contributed by atoms with Crippen LogP contribution in [0.2, 0.25) is 0 Å². The first kappa shape index (κ1) is 23.2. The van der Waals surface area contributed by atoms with Crippen molar-refractivity contribution in [2.24, 2.45) is 0 Å². The number of ketones is 1. The molecule has 0 N–H and O–H groups in total. The normalized spacial score (nSPS) is 11.0. The molecular weight excluding hydrogens is 426 g/mol. The van der Waals surface area contributed by atoms with Crippen LogP contribution < -0.4 is 9.47 Å². The van der Waals surface area contributed by atoms with E-state index in [-0.39, 0.29) is 18.1 Å². The van der Waals surface area contributed by atoms with E-state index in [1.165, 1.54) is 22.3 Å². The molecule has 0 bridgehead atoms. The quantitative estimate of drug-likeness (QED) is 0.154. The Bertz CT molecular complexity index is 1150. The zero-order chi connectivity index (χ0) is 23.1. The van der Waals surface area contributed by atoms with Gasteiger partial charge in [0.15, 0.2) is 5.78 Å². The number of carbonyl (C=O) groups excluding carboxylic acids is 1. The van der Waals surface area contributed by atoms with Crippen molar-refractivity contribution in [2.45, 2.75) is 33.3 Å². The Morgan fingerprint density at radius 2 is 1.97 bits per heavy atom. The molecule has 6 nitrogen and oxygen atoms in total. The number of nitrogens with zero attached hydrogens (tertiary/aromatic N) is 1. The number of hydrogen-bond acceptors (Lipinski definition) is 6. The molecule has 0 aliphatic heterocycles. The minimum Gasteiger partial charge on any atom is -0.496 e. The molecule has 3 aromatic rings. The highest BCUT2D eigenvalue weighted by molar-refractivity contribution is 7.14. The van der Waals surface area contributed by atoms with Gasteiger partial charge in [-0.15, -0.1) is 11.3 Å². The fraction of sp³-hybridized carbons (Fsp3) is 0.240. The number of nitro groups is 1. The van der Waals surface area contributed by atoms with Gasteiger partial charge in [0.25, 0.3) is 5.69 Å². The van der Waals surface area contributed by atoms with Crippen molar-refractivity contribution in [3.05, 3.63) is 91.2 Å². The van der Waals surface area contributed by atoms with Gasteiger partial charge in [-0.1, -0.05) is 25.5 Å². The maximum absolute atomic E-state index is 12.5. The Kier molecular flexibility index (Phi) is 7.78. The molecular formula is C25H25NO5S. The fourth-order valence-electron chi connectivity index (χ4n) is 3.24. The summed E-state index contributed by atoms with van der Waals surface area (Å²) in [7, 11) is 1.58. The highest BCUT2D eigenvalue weighted by atomic mass is 32.1. The van der Waals surface area contributed by atoms with Crippen molar-refractivity contribution in [1.82, 2.24) is 0 Å². The molecule has 0 amide bonds. The second kappa shape index (κ2) is 10.7. The monoisotopic (exact) mass is 451 g/mol. The zero-order valence-corrected chi connectivity index (χ0v) is 19.1. The summed E-state index contributed by atoms with van der Waals surface area (Å²) in [5.74, 6) is 1.17. The molecule has 0 aliphatic carbocycles. The zero-order valence-electron chi connectivity index (χ0n) is 18.3. The molecule has 0 spiro atoms. The van der Waals surface area contributed by atoms with E-state index >= 15 is 0 Å². The third-order valence-corrected chi connectivity index (χ3v) is 6.05. The van der Waals surface area contributed by atoms with Gasteiger partial charge in [0, 0.05) is 22.1 Å². The van der Waals surface area contributed by atoms with Crippen LogP contribution in [-0.4, -0.2) is 17.8 Å². The molecule has 0 atom stereocenters. The standard InChI is InChI=1S/C25H25NO5S/c1-4-5-21-9-13-25(32-21)23(27)11-6-18-7-12-24(30-3)19(15-18)16-31-20-8-10-22(26(28)29)17(2)14-20/h6-15H,4-5,16H2,1-3H3/b11-6+. The number of carbonyl (C=O) groups is 1. The lowest BCUT2D eigenvalue weighted by molar-refractivity contribution is -0.385. The predicted molar refractivity (Wildman–Crippen MR) is 127 cm³/mol. The molecule has 0 saturated carbocycles. The van der Waals surface area contributed by atoms with Crippen LogP contribution in [0.1, 0.15) is 44.6 Å². The molecule has 0 unspecified atom stereocenters. The lowest BCUT2D eigenvalue weighted by atomic mass is 10.1. The van der Waals surface area contributed by atoms with Crippen LogP contribution in [0, 0.1) is 17.0 Å². The van der Waals surface area contributed by atoms with Crippen molar-refractivity contribution >= 4 is 28.9 Å². The number of rotatable bonds is 10. The maximum Gasteiger partial charge on any atom is 0.272 e. The SMILES string of the molecule is CCCc1ccc(C(=O)/C=C/c2ccc(OC)c(COc3ccc([N+](=O)[O-])c(C)c3)c2)s1.